The topological polar surface area (TPSA) is 40.5 Å². The smallest absolute Gasteiger partial charge is 0.317 e. The number of carboxylic acids is 1. The lowest BCUT2D eigenvalue weighted by atomic mass is 9.99. The van der Waals surface area contributed by atoms with Crippen LogP contribution in [0.1, 0.15) is 51.8 Å². The van der Waals surface area contributed by atoms with Crippen LogP contribution in [0.15, 0.2) is 24.3 Å². The monoisotopic (exact) mass is 291 g/mol. The summed E-state index contributed by atoms with van der Waals surface area (Å²) in [6, 6.07) is 8.73. The number of nitrogens with zero attached hydrogens (tertiary/aromatic N) is 1. The molecule has 1 rings (SSSR count). The Hall–Kier alpha value is -1.35. The van der Waals surface area contributed by atoms with E-state index in [2.05, 4.69) is 58.9 Å². The van der Waals surface area contributed by atoms with Gasteiger partial charge < -0.3 is 5.11 Å². The van der Waals surface area contributed by atoms with Crippen LogP contribution in [0.2, 0.25) is 0 Å². The minimum Gasteiger partial charge on any atom is -0.480 e. The highest BCUT2D eigenvalue weighted by molar-refractivity contribution is 5.69. The maximum Gasteiger partial charge on any atom is 0.317 e. The Morgan fingerprint density at radius 1 is 1.05 bits per heavy atom. The van der Waals surface area contributed by atoms with Crippen molar-refractivity contribution >= 4 is 5.97 Å². The number of hydrogen-bond donors (Lipinski definition) is 1. The van der Waals surface area contributed by atoms with Crippen molar-refractivity contribution in [1.82, 2.24) is 4.90 Å². The Morgan fingerprint density at radius 2 is 1.62 bits per heavy atom. The molecule has 1 atom stereocenters. The Morgan fingerprint density at radius 3 is 2.05 bits per heavy atom. The van der Waals surface area contributed by atoms with Crippen LogP contribution in [0, 0.1) is 11.8 Å². The lowest BCUT2D eigenvalue weighted by Crippen LogP contribution is -2.35. The third-order valence-electron chi connectivity index (χ3n) is 3.59. The molecule has 0 saturated carbocycles. The molecule has 0 spiro atoms. The molecule has 1 aromatic carbocycles. The highest BCUT2D eigenvalue weighted by Gasteiger charge is 2.19. The zero-order valence-electron chi connectivity index (χ0n) is 14.0. The molecule has 3 nitrogen and oxygen atoms in total. The second-order valence-electron chi connectivity index (χ2n) is 6.73. The van der Waals surface area contributed by atoms with E-state index in [4.69, 9.17) is 5.11 Å². The molecular weight excluding hydrogens is 262 g/mol. The Bertz CT molecular complexity index is 437. The maximum atomic E-state index is 11.1. The van der Waals surface area contributed by atoms with Crippen LogP contribution >= 0.6 is 0 Å². The first-order chi connectivity index (χ1) is 9.79. The van der Waals surface area contributed by atoms with Gasteiger partial charge in [-0.2, -0.15) is 0 Å². The third kappa shape index (κ3) is 6.30. The number of rotatable bonds is 8. The number of hydrogen-bond acceptors (Lipinski definition) is 2. The Kier molecular flexibility index (Phi) is 6.90. The summed E-state index contributed by atoms with van der Waals surface area (Å²) in [5, 5.41) is 9.09. The predicted molar refractivity (Wildman–Crippen MR) is 87.4 cm³/mol. The molecule has 1 aromatic rings. The van der Waals surface area contributed by atoms with E-state index in [0.717, 1.165) is 13.0 Å². The summed E-state index contributed by atoms with van der Waals surface area (Å²) in [6.45, 7) is 11.6. The average Bonchev–Trinajstić information content (AvgIpc) is 2.36. The molecule has 0 aliphatic heterocycles. The van der Waals surface area contributed by atoms with Crippen LogP contribution < -0.4 is 0 Å². The Labute approximate surface area is 129 Å². The summed E-state index contributed by atoms with van der Waals surface area (Å²) in [7, 11) is 0. The largest absolute Gasteiger partial charge is 0.480 e. The number of carboxylic acid groups (broad SMARTS) is 1. The normalized spacial score (nSPS) is 13.1. The SMILES string of the molecule is CC(C)Cc1ccc(C(C)N(CC(=O)O)CC(C)C)cc1. The van der Waals surface area contributed by atoms with Crippen molar-refractivity contribution in [2.45, 2.75) is 47.1 Å². The average molecular weight is 291 g/mol. The van der Waals surface area contributed by atoms with E-state index in [9.17, 15) is 4.79 Å². The van der Waals surface area contributed by atoms with Gasteiger partial charge in [0, 0.05) is 12.6 Å². The number of carbonyl (C=O) groups is 1. The summed E-state index contributed by atoms with van der Waals surface area (Å²) in [5.74, 6) is 0.337. The van der Waals surface area contributed by atoms with Crippen molar-refractivity contribution in [2.75, 3.05) is 13.1 Å². The van der Waals surface area contributed by atoms with Gasteiger partial charge in [-0.15, -0.1) is 0 Å². The number of benzene rings is 1. The van der Waals surface area contributed by atoms with Gasteiger partial charge in [0.1, 0.15) is 0 Å². The van der Waals surface area contributed by atoms with E-state index in [1.165, 1.54) is 11.1 Å². The second-order valence-corrected chi connectivity index (χ2v) is 6.73. The zero-order valence-corrected chi connectivity index (χ0v) is 14.0. The van der Waals surface area contributed by atoms with E-state index in [-0.39, 0.29) is 12.6 Å². The van der Waals surface area contributed by atoms with Gasteiger partial charge in [-0.05, 0) is 36.3 Å². The maximum absolute atomic E-state index is 11.1. The minimum absolute atomic E-state index is 0.0904. The molecule has 0 amide bonds. The van der Waals surface area contributed by atoms with E-state index in [0.29, 0.717) is 11.8 Å². The second kappa shape index (κ2) is 8.18. The first kappa shape index (κ1) is 17.7. The van der Waals surface area contributed by atoms with Crippen molar-refractivity contribution < 1.29 is 9.90 Å². The van der Waals surface area contributed by atoms with Crippen LogP contribution in [0.4, 0.5) is 0 Å². The van der Waals surface area contributed by atoms with Crippen molar-refractivity contribution in [3.05, 3.63) is 35.4 Å². The fraction of sp³-hybridized carbons (Fsp3) is 0.611. The third-order valence-corrected chi connectivity index (χ3v) is 3.59. The quantitative estimate of drug-likeness (QED) is 0.787. The standard InChI is InChI=1S/C18H29NO2/c1-13(2)10-16-6-8-17(9-7-16)15(5)19(11-14(3)4)12-18(20)21/h6-9,13-15H,10-12H2,1-5H3,(H,20,21). The summed E-state index contributed by atoms with van der Waals surface area (Å²) in [6.07, 6.45) is 1.08. The van der Waals surface area contributed by atoms with Gasteiger partial charge >= 0.3 is 5.97 Å². The van der Waals surface area contributed by atoms with Crippen molar-refractivity contribution in [1.29, 1.82) is 0 Å². The van der Waals surface area contributed by atoms with E-state index in [1.54, 1.807) is 0 Å². The van der Waals surface area contributed by atoms with Gasteiger partial charge in [-0.3, -0.25) is 9.69 Å². The van der Waals surface area contributed by atoms with Crippen molar-refractivity contribution in [2.24, 2.45) is 11.8 Å². The molecule has 0 saturated heterocycles. The molecule has 1 N–H and O–H groups in total. The molecule has 0 aliphatic carbocycles. The minimum atomic E-state index is -0.765. The lowest BCUT2D eigenvalue weighted by Gasteiger charge is -2.29. The molecule has 0 bridgehead atoms. The van der Waals surface area contributed by atoms with E-state index in [1.807, 2.05) is 4.90 Å². The highest BCUT2D eigenvalue weighted by atomic mass is 16.4. The molecule has 21 heavy (non-hydrogen) atoms. The Balaban J connectivity index is 2.82. The molecule has 118 valence electrons. The summed E-state index contributed by atoms with van der Waals surface area (Å²) in [5.41, 5.74) is 2.53. The fourth-order valence-corrected chi connectivity index (χ4v) is 2.62. The van der Waals surface area contributed by atoms with Gasteiger partial charge in [0.15, 0.2) is 0 Å². The van der Waals surface area contributed by atoms with Gasteiger partial charge in [-0.25, -0.2) is 0 Å². The molecule has 1 unspecified atom stereocenters. The van der Waals surface area contributed by atoms with Gasteiger partial charge in [-0.1, -0.05) is 52.0 Å². The van der Waals surface area contributed by atoms with Gasteiger partial charge in [0.25, 0.3) is 0 Å². The number of aliphatic carboxylic acids is 1. The zero-order chi connectivity index (χ0) is 16.0. The van der Waals surface area contributed by atoms with Crippen LogP contribution in [-0.4, -0.2) is 29.1 Å². The summed E-state index contributed by atoms with van der Waals surface area (Å²) < 4.78 is 0. The fourth-order valence-electron chi connectivity index (χ4n) is 2.62. The van der Waals surface area contributed by atoms with E-state index < -0.39 is 5.97 Å². The first-order valence-corrected chi connectivity index (χ1v) is 7.84. The molecule has 3 heteroatoms. The van der Waals surface area contributed by atoms with Crippen LogP contribution in [0.5, 0.6) is 0 Å². The van der Waals surface area contributed by atoms with Crippen molar-refractivity contribution in [3.8, 4) is 0 Å². The molecule has 0 aliphatic rings. The molecule has 0 radical (unpaired) electrons. The molecule has 0 aromatic heterocycles. The van der Waals surface area contributed by atoms with Gasteiger partial charge in [0.05, 0.1) is 6.54 Å². The van der Waals surface area contributed by atoms with Crippen LogP contribution in [0.3, 0.4) is 0 Å². The highest BCUT2D eigenvalue weighted by Crippen LogP contribution is 2.22. The van der Waals surface area contributed by atoms with Crippen molar-refractivity contribution in [3.63, 3.8) is 0 Å². The van der Waals surface area contributed by atoms with Gasteiger partial charge in [0.2, 0.25) is 0 Å². The van der Waals surface area contributed by atoms with E-state index >= 15 is 0 Å². The predicted octanol–water partition coefficient (Wildman–Crippen LogP) is 3.99. The summed E-state index contributed by atoms with van der Waals surface area (Å²) >= 11 is 0. The lowest BCUT2D eigenvalue weighted by molar-refractivity contribution is -0.139. The first-order valence-electron chi connectivity index (χ1n) is 7.84. The van der Waals surface area contributed by atoms with Crippen LogP contribution in [0.25, 0.3) is 0 Å². The molecule has 0 heterocycles. The summed E-state index contributed by atoms with van der Waals surface area (Å²) in [4.78, 5) is 13.1. The molecular formula is C18H29NO2. The van der Waals surface area contributed by atoms with Crippen LogP contribution in [-0.2, 0) is 11.2 Å². The molecule has 0 fully saturated rings.